The molecular weight excluding hydrogens is 346 g/mol. The normalized spacial score (nSPS) is 13.9. The van der Waals surface area contributed by atoms with Crippen molar-refractivity contribution < 1.29 is 14.5 Å². The fourth-order valence-electron chi connectivity index (χ4n) is 2.96. The van der Waals surface area contributed by atoms with E-state index < -0.39 is 4.92 Å². The number of nitro groups is 1. The summed E-state index contributed by atoms with van der Waals surface area (Å²) in [4.78, 5) is 36.1. The molecule has 0 aliphatic carbocycles. The van der Waals surface area contributed by atoms with Gasteiger partial charge in [-0.15, -0.1) is 0 Å². The van der Waals surface area contributed by atoms with Gasteiger partial charge in [0.05, 0.1) is 10.5 Å². The van der Waals surface area contributed by atoms with Gasteiger partial charge in [0, 0.05) is 37.3 Å². The molecule has 1 heterocycles. The molecule has 1 N–H and O–H groups in total. The van der Waals surface area contributed by atoms with Gasteiger partial charge in [-0.25, -0.2) is 0 Å². The summed E-state index contributed by atoms with van der Waals surface area (Å²) in [7, 11) is 0. The number of amides is 2. The zero-order chi connectivity index (χ0) is 19.2. The Morgan fingerprint density at radius 2 is 2.04 bits per heavy atom. The number of para-hydroxylation sites is 1. The van der Waals surface area contributed by atoms with E-state index >= 15 is 0 Å². The van der Waals surface area contributed by atoms with Crippen LogP contribution < -0.4 is 10.2 Å². The van der Waals surface area contributed by atoms with Gasteiger partial charge >= 0.3 is 0 Å². The number of carbonyl (C=O) groups excluding carboxylic acids is 2. The molecule has 2 aromatic rings. The summed E-state index contributed by atoms with van der Waals surface area (Å²) in [6, 6.07) is 13.7. The quantitative estimate of drug-likeness (QED) is 0.484. The monoisotopic (exact) mass is 365 g/mol. The predicted molar refractivity (Wildman–Crippen MR) is 102 cm³/mol. The van der Waals surface area contributed by atoms with E-state index in [1.165, 1.54) is 18.2 Å². The van der Waals surface area contributed by atoms with E-state index in [4.69, 9.17) is 0 Å². The van der Waals surface area contributed by atoms with Gasteiger partial charge in [-0.2, -0.15) is 0 Å². The van der Waals surface area contributed by atoms with Gasteiger partial charge in [-0.3, -0.25) is 19.7 Å². The molecule has 0 saturated carbocycles. The maximum atomic E-state index is 12.0. The van der Waals surface area contributed by atoms with Crippen molar-refractivity contribution >= 4 is 29.3 Å². The Bertz CT molecular complexity index is 908. The molecule has 1 aliphatic rings. The highest BCUT2D eigenvalue weighted by Gasteiger charge is 2.21. The van der Waals surface area contributed by atoms with Crippen LogP contribution in [0.3, 0.4) is 0 Å². The van der Waals surface area contributed by atoms with Gasteiger partial charge in [-0.05, 0) is 36.3 Å². The van der Waals surface area contributed by atoms with Gasteiger partial charge in [-0.1, -0.05) is 24.3 Å². The highest BCUT2D eigenvalue weighted by Crippen LogP contribution is 2.22. The van der Waals surface area contributed by atoms with Gasteiger partial charge in [0.2, 0.25) is 11.8 Å². The van der Waals surface area contributed by atoms with Crippen molar-refractivity contribution in [3.05, 3.63) is 75.8 Å². The van der Waals surface area contributed by atoms with Gasteiger partial charge in [0.1, 0.15) is 0 Å². The smallest absolute Gasteiger partial charge is 0.276 e. The Hall–Kier alpha value is -3.48. The van der Waals surface area contributed by atoms with Crippen molar-refractivity contribution in [1.82, 2.24) is 5.32 Å². The number of nitrogens with zero attached hydrogens (tertiary/aromatic N) is 2. The van der Waals surface area contributed by atoms with Gasteiger partial charge in [0.15, 0.2) is 0 Å². The number of nitro benzene ring substituents is 1. The van der Waals surface area contributed by atoms with Crippen LogP contribution in [0.1, 0.15) is 24.0 Å². The highest BCUT2D eigenvalue weighted by atomic mass is 16.6. The zero-order valence-electron chi connectivity index (χ0n) is 14.6. The van der Waals surface area contributed by atoms with Gasteiger partial charge < -0.3 is 10.2 Å². The number of carbonyl (C=O) groups is 2. The second-order valence-electron chi connectivity index (χ2n) is 6.19. The molecule has 0 spiro atoms. The van der Waals surface area contributed by atoms with Crippen molar-refractivity contribution in [2.75, 3.05) is 11.4 Å². The molecule has 0 atom stereocenters. The minimum Gasteiger partial charge on any atom is -0.348 e. The second-order valence-corrected chi connectivity index (χ2v) is 6.19. The number of anilines is 1. The van der Waals surface area contributed by atoms with Crippen LogP contribution in [0.4, 0.5) is 11.4 Å². The second kappa shape index (κ2) is 8.27. The molecule has 1 aliphatic heterocycles. The number of rotatable bonds is 6. The maximum Gasteiger partial charge on any atom is 0.276 e. The third-order valence-electron chi connectivity index (χ3n) is 4.31. The molecule has 138 valence electrons. The number of benzene rings is 2. The highest BCUT2D eigenvalue weighted by molar-refractivity contribution is 5.95. The van der Waals surface area contributed by atoms with E-state index in [9.17, 15) is 19.7 Å². The van der Waals surface area contributed by atoms with Crippen molar-refractivity contribution in [2.24, 2.45) is 0 Å². The molecule has 0 radical (unpaired) electrons. The first kappa shape index (κ1) is 18.3. The summed E-state index contributed by atoms with van der Waals surface area (Å²) in [5, 5.41) is 13.7. The minimum absolute atomic E-state index is 0.0514. The molecule has 0 unspecified atom stereocenters. The lowest BCUT2D eigenvalue weighted by Crippen LogP contribution is -2.24. The van der Waals surface area contributed by atoms with E-state index in [1.54, 1.807) is 23.1 Å². The van der Waals surface area contributed by atoms with Crippen LogP contribution in [0, 0.1) is 10.1 Å². The predicted octanol–water partition coefficient (Wildman–Crippen LogP) is 3.05. The molecule has 2 aromatic carbocycles. The standard InChI is InChI=1S/C20H19N3O4/c24-19(11-10-16-6-1-2-8-18(16)23(26)27)21-14-15-5-3-7-17(13-15)22-12-4-9-20(22)25/h1-3,5-8,10-11,13H,4,9,12,14H2,(H,21,24)/b11-10+. The molecule has 0 aromatic heterocycles. The Balaban J connectivity index is 1.61. The first-order chi connectivity index (χ1) is 13.0. The summed E-state index contributed by atoms with van der Waals surface area (Å²) in [6.07, 6.45) is 4.12. The molecule has 27 heavy (non-hydrogen) atoms. The molecule has 1 saturated heterocycles. The molecule has 7 heteroatoms. The van der Waals surface area contributed by atoms with Crippen LogP contribution in [0.15, 0.2) is 54.6 Å². The Labute approximate surface area is 156 Å². The van der Waals surface area contributed by atoms with Crippen molar-refractivity contribution in [2.45, 2.75) is 19.4 Å². The van der Waals surface area contributed by atoms with Crippen LogP contribution in [0.5, 0.6) is 0 Å². The third kappa shape index (κ3) is 4.58. The van der Waals surface area contributed by atoms with E-state index in [2.05, 4.69) is 5.32 Å². The number of nitrogens with one attached hydrogen (secondary N) is 1. The van der Waals surface area contributed by atoms with E-state index in [1.807, 2.05) is 24.3 Å². The Kier molecular flexibility index (Phi) is 5.61. The van der Waals surface area contributed by atoms with E-state index in [0.29, 0.717) is 25.1 Å². The SMILES string of the molecule is O=C(/C=C/c1ccccc1[N+](=O)[O-])NCc1cccc(N2CCCC2=O)c1. The summed E-state index contributed by atoms with van der Waals surface area (Å²) in [5.41, 5.74) is 2.02. The summed E-state index contributed by atoms with van der Waals surface area (Å²) < 4.78 is 0. The lowest BCUT2D eigenvalue weighted by Gasteiger charge is -2.16. The number of hydrogen-bond donors (Lipinski definition) is 1. The average Bonchev–Trinajstić information content (AvgIpc) is 3.11. The first-order valence-electron chi connectivity index (χ1n) is 8.63. The van der Waals surface area contributed by atoms with E-state index in [0.717, 1.165) is 17.7 Å². The zero-order valence-corrected chi connectivity index (χ0v) is 14.6. The van der Waals surface area contributed by atoms with Crippen LogP contribution >= 0.6 is 0 Å². The van der Waals surface area contributed by atoms with Crippen LogP contribution in [0.25, 0.3) is 6.08 Å². The van der Waals surface area contributed by atoms with Gasteiger partial charge in [0.25, 0.3) is 5.69 Å². The number of hydrogen-bond acceptors (Lipinski definition) is 4. The fraction of sp³-hybridized carbons (Fsp3) is 0.200. The molecule has 3 rings (SSSR count). The third-order valence-corrected chi connectivity index (χ3v) is 4.31. The van der Waals surface area contributed by atoms with Crippen LogP contribution in [-0.2, 0) is 16.1 Å². The molecule has 2 amide bonds. The summed E-state index contributed by atoms with van der Waals surface area (Å²) in [6.45, 7) is 1.02. The average molecular weight is 365 g/mol. The lowest BCUT2D eigenvalue weighted by atomic mass is 10.1. The minimum atomic E-state index is -0.483. The lowest BCUT2D eigenvalue weighted by molar-refractivity contribution is -0.385. The Morgan fingerprint density at radius 1 is 1.22 bits per heavy atom. The maximum absolute atomic E-state index is 12.0. The summed E-state index contributed by atoms with van der Waals surface area (Å²) in [5.74, 6) is -0.237. The molecule has 1 fully saturated rings. The van der Waals surface area contributed by atoms with Crippen molar-refractivity contribution in [3.63, 3.8) is 0 Å². The topological polar surface area (TPSA) is 92.5 Å². The Morgan fingerprint density at radius 3 is 2.78 bits per heavy atom. The first-order valence-corrected chi connectivity index (χ1v) is 8.63. The van der Waals surface area contributed by atoms with E-state index in [-0.39, 0.29) is 17.5 Å². The van der Waals surface area contributed by atoms with Crippen LogP contribution in [0.2, 0.25) is 0 Å². The molecule has 7 nitrogen and oxygen atoms in total. The van der Waals surface area contributed by atoms with Crippen molar-refractivity contribution in [3.8, 4) is 0 Å². The fourth-order valence-corrected chi connectivity index (χ4v) is 2.96. The van der Waals surface area contributed by atoms with Crippen molar-refractivity contribution in [1.29, 1.82) is 0 Å². The van der Waals surface area contributed by atoms with Crippen LogP contribution in [-0.4, -0.2) is 23.3 Å². The molecule has 0 bridgehead atoms. The summed E-state index contributed by atoms with van der Waals surface area (Å²) >= 11 is 0. The largest absolute Gasteiger partial charge is 0.348 e. The molecular formula is C20H19N3O4.